The van der Waals surface area contributed by atoms with Gasteiger partial charge in [0.1, 0.15) is 6.61 Å². The Bertz CT molecular complexity index is 331. The van der Waals surface area contributed by atoms with E-state index in [0.29, 0.717) is 0 Å². The predicted octanol–water partition coefficient (Wildman–Crippen LogP) is 0.307. The van der Waals surface area contributed by atoms with Gasteiger partial charge >= 0.3 is 6.09 Å². The topological polar surface area (TPSA) is 96.3 Å². The minimum atomic E-state index is -0.889. The van der Waals surface area contributed by atoms with Gasteiger partial charge < -0.3 is 24.6 Å². The standard InChI is InChI=1S/C13H23NO6/c1-4-19-13(18)14(6-5-12(17)9-15)7-8-20-11(3)10(2)16/h12,15,17H,3-9H2,1-2H3. The van der Waals surface area contributed by atoms with Crippen LogP contribution in [0.4, 0.5) is 4.79 Å². The van der Waals surface area contributed by atoms with Gasteiger partial charge in [0, 0.05) is 13.5 Å². The Hall–Kier alpha value is -1.60. The molecule has 0 aromatic rings. The van der Waals surface area contributed by atoms with Crippen LogP contribution in [0, 0.1) is 0 Å². The van der Waals surface area contributed by atoms with Crippen molar-refractivity contribution in [2.24, 2.45) is 0 Å². The van der Waals surface area contributed by atoms with Gasteiger partial charge in [0.05, 0.1) is 25.9 Å². The molecule has 1 amide bonds. The first-order valence-corrected chi connectivity index (χ1v) is 6.45. The first-order chi connectivity index (χ1) is 9.42. The number of nitrogens with zero attached hydrogens (tertiary/aromatic N) is 1. The van der Waals surface area contributed by atoms with Gasteiger partial charge in [0.25, 0.3) is 0 Å². The van der Waals surface area contributed by atoms with Crippen molar-refractivity contribution in [3.8, 4) is 0 Å². The molecule has 20 heavy (non-hydrogen) atoms. The molecule has 0 radical (unpaired) electrons. The zero-order chi connectivity index (χ0) is 15.5. The van der Waals surface area contributed by atoms with Gasteiger partial charge in [0.2, 0.25) is 0 Å². The van der Waals surface area contributed by atoms with E-state index >= 15 is 0 Å². The molecule has 1 unspecified atom stereocenters. The highest BCUT2D eigenvalue weighted by Gasteiger charge is 2.16. The van der Waals surface area contributed by atoms with Crippen molar-refractivity contribution < 1.29 is 29.3 Å². The van der Waals surface area contributed by atoms with E-state index in [0.717, 1.165) is 0 Å². The quantitative estimate of drug-likeness (QED) is 0.444. The Kier molecular flexibility index (Phi) is 9.40. The van der Waals surface area contributed by atoms with Gasteiger partial charge in [-0.05, 0) is 13.3 Å². The molecule has 0 aliphatic carbocycles. The third kappa shape index (κ3) is 7.75. The fourth-order valence-electron chi connectivity index (χ4n) is 1.29. The number of Topliss-reactive ketones (excluding diaryl/α,β-unsaturated/α-hetero) is 1. The summed E-state index contributed by atoms with van der Waals surface area (Å²) in [6.07, 6.45) is -1.20. The number of aliphatic hydroxyl groups excluding tert-OH is 2. The summed E-state index contributed by atoms with van der Waals surface area (Å²) in [5.74, 6) is -0.243. The highest BCUT2D eigenvalue weighted by molar-refractivity contribution is 5.90. The summed E-state index contributed by atoms with van der Waals surface area (Å²) in [4.78, 5) is 23.9. The molecule has 7 heteroatoms. The smallest absolute Gasteiger partial charge is 0.409 e. The van der Waals surface area contributed by atoms with Crippen LogP contribution in [-0.4, -0.2) is 66.0 Å². The largest absolute Gasteiger partial charge is 0.489 e. The summed E-state index contributed by atoms with van der Waals surface area (Å²) in [6, 6.07) is 0. The van der Waals surface area contributed by atoms with Crippen molar-refractivity contribution in [2.45, 2.75) is 26.4 Å². The Balaban J connectivity index is 4.27. The van der Waals surface area contributed by atoms with Crippen molar-refractivity contribution in [3.63, 3.8) is 0 Å². The number of hydrogen-bond acceptors (Lipinski definition) is 6. The Morgan fingerprint density at radius 2 is 1.95 bits per heavy atom. The lowest BCUT2D eigenvalue weighted by atomic mass is 10.2. The van der Waals surface area contributed by atoms with E-state index in [1.54, 1.807) is 6.92 Å². The molecule has 116 valence electrons. The van der Waals surface area contributed by atoms with E-state index in [-0.39, 0.29) is 50.9 Å². The minimum Gasteiger partial charge on any atom is -0.489 e. The van der Waals surface area contributed by atoms with Gasteiger partial charge in [-0.1, -0.05) is 6.58 Å². The number of carbonyl (C=O) groups is 2. The lowest BCUT2D eigenvalue weighted by Crippen LogP contribution is -2.37. The van der Waals surface area contributed by atoms with Crippen LogP contribution < -0.4 is 0 Å². The molecule has 0 bridgehead atoms. The predicted molar refractivity (Wildman–Crippen MR) is 72.1 cm³/mol. The number of hydrogen-bond donors (Lipinski definition) is 2. The molecule has 0 aromatic heterocycles. The highest BCUT2D eigenvalue weighted by Crippen LogP contribution is 2.02. The van der Waals surface area contributed by atoms with E-state index in [2.05, 4.69) is 6.58 Å². The van der Waals surface area contributed by atoms with E-state index in [9.17, 15) is 14.7 Å². The van der Waals surface area contributed by atoms with Crippen molar-refractivity contribution in [1.29, 1.82) is 0 Å². The van der Waals surface area contributed by atoms with Crippen LogP contribution in [-0.2, 0) is 14.3 Å². The van der Waals surface area contributed by atoms with Crippen LogP contribution in [0.15, 0.2) is 12.3 Å². The molecule has 0 spiro atoms. The van der Waals surface area contributed by atoms with Crippen molar-refractivity contribution >= 4 is 11.9 Å². The van der Waals surface area contributed by atoms with Crippen LogP contribution in [0.1, 0.15) is 20.3 Å². The van der Waals surface area contributed by atoms with E-state index in [1.165, 1.54) is 11.8 Å². The van der Waals surface area contributed by atoms with Crippen LogP contribution in [0.3, 0.4) is 0 Å². The summed E-state index contributed by atoms with van der Waals surface area (Å²) in [5, 5.41) is 18.0. The molecular formula is C13H23NO6. The SMILES string of the molecule is C=C(OCCN(CCC(O)CO)C(=O)OCC)C(C)=O. The molecule has 0 aliphatic heterocycles. The number of ketones is 1. The molecule has 0 aliphatic rings. The fourth-order valence-corrected chi connectivity index (χ4v) is 1.29. The average Bonchev–Trinajstić information content (AvgIpc) is 2.41. The van der Waals surface area contributed by atoms with Gasteiger partial charge in [-0.25, -0.2) is 4.79 Å². The second kappa shape index (κ2) is 10.2. The Labute approximate surface area is 118 Å². The van der Waals surface area contributed by atoms with Crippen molar-refractivity contribution in [2.75, 3.05) is 32.9 Å². The van der Waals surface area contributed by atoms with E-state index < -0.39 is 12.2 Å². The van der Waals surface area contributed by atoms with Crippen LogP contribution in [0.25, 0.3) is 0 Å². The number of aliphatic hydroxyl groups is 2. The number of amides is 1. The molecule has 0 fully saturated rings. The fraction of sp³-hybridized carbons (Fsp3) is 0.692. The Morgan fingerprint density at radius 1 is 1.30 bits per heavy atom. The number of rotatable bonds is 10. The maximum atomic E-state index is 11.7. The van der Waals surface area contributed by atoms with Gasteiger partial charge in [-0.3, -0.25) is 4.79 Å². The number of carbonyl (C=O) groups excluding carboxylic acids is 2. The molecule has 7 nitrogen and oxygen atoms in total. The summed E-state index contributed by atoms with van der Waals surface area (Å²) in [7, 11) is 0. The molecule has 2 N–H and O–H groups in total. The van der Waals surface area contributed by atoms with Gasteiger partial charge in [0.15, 0.2) is 11.5 Å². The first kappa shape index (κ1) is 18.4. The first-order valence-electron chi connectivity index (χ1n) is 6.45. The highest BCUT2D eigenvalue weighted by atomic mass is 16.6. The lowest BCUT2D eigenvalue weighted by Gasteiger charge is -2.22. The monoisotopic (exact) mass is 289 g/mol. The maximum absolute atomic E-state index is 11.7. The maximum Gasteiger partial charge on any atom is 0.409 e. The Morgan fingerprint density at radius 3 is 2.45 bits per heavy atom. The third-order valence-electron chi connectivity index (χ3n) is 2.50. The van der Waals surface area contributed by atoms with E-state index in [4.69, 9.17) is 14.6 Å². The molecule has 0 saturated heterocycles. The van der Waals surface area contributed by atoms with E-state index in [1.807, 2.05) is 0 Å². The molecule has 0 saturated carbocycles. The second-order valence-electron chi connectivity index (χ2n) is 4.14. The summed E-state index contributed by atoms with van der Waals surface area (Å²) < 4.78 is 9.96. The second-order valence-corrected chi connectivity index (χ2v) is 4.14. The minimum absolute atomic E-state index is 0.0317. The lowest BCUT2D eigenvalue weighted by molar-refractivity contribution is -0.116. The van der Waals surface area contributed by atoms with Crippen molar-refractivity contribution in [3.05, 3.63) is 12.3 Å². The zero-order valence-electron chi connectivity index (χ0n) is 12.0. The van der Waals surface area contributed by atoms with Gasteiger partial charge in [-0.15, -0.1) is 0 Å². The van der Waals surface area contributed by atoms with Crippen molar-refractivity contribution in [1.82, 2.24) is 4.90 Å². The zero-order valence-corrected chi connectivity index (χ0v) is 12.0. The normalized spacial score (nSPS) is 11.6. The molecular weight excluding hydrogens is 266 g/mol. The number of allylic oxidation sites excluding steroid dienone is 1. The van der Waals surface area contributed by atoms with Crippen LogP contribution >= 0.6 is 0 Å². The number of ether oxygens (including phenoxy) is 2. The molecule has 0 aromatic carbocycles. The van der Waals surface area contributed by atoms with Crippen LogP contribution in [0.5, 0.6) is 0 Å². The average molecular weight is 289 g/mol. The summed E-state index contributed by atoms with van der Waals surface area (Å²) >= 11 is 0. The summed E-state index contributed by atoms with van der Waals surface area (Å²) in [6.45, 7) is 6.85. The molecule has 1 atom stereocenters. The van der Waals surface area contributed by atoms with Crippen LogP contribution in [0.2, 0.25) is 0 Å². The summed E-state index contributed by atoms with van der Waals surface area (Å²) in [5.41, 5.74) is 0. The third-order valence-corrected chi connectivity index (χ3v) is 2.50. The van der Waals surface area contributed by atoms with Gasteiger partial charge in [-0.2, -0.15) is 0 Å². The molecule has 0 heterocycles. The molecule has 0 rings (SSSR count).